The summed E-state index contributed by atoms with van der Waals surface area (Å²) in [6, 6.07) is 0. The van der Waals surface area contributed by atoms with Crippen LogP contribution in [0.3, 0.4) is 0 Å². The molecule has 15 heavy (non-hydrogen) atoms. The summed E-state index contributed by atoms with van der Waals surface area (Å²) in [5.41, 5.74) is 0. The molecule has 0 bridgehead atoms. The molecule has 2 atom stereocenters. The second-order valence-electron chi connectivity index (χ2n) is 4.23. The molecule has 2 rings (SSSR count). The second-order valence-corrected chi connectivity index (χ2v) is 4.54. The van der Waals surface area contributed by atoms with Crippen molar-refractivity contribution in [3.63, 3.8) is 0 Å². The Kier molecular flexibility index (Phi) is 4.26. The van der Waals surface area contributed by atoms with Crippen molar-refractivity contribution in [3.05, 3.63) is 0 Å². The normalized spacial score (nSPS) is 38.6. The fourth-order valence-electron chi connectivity index (χ4n) is 2.12. The molecule has 0 N–H and O–H groups in total. The second kappa shape index (κ2) is 5.48. The van der Waals surface area contributed by atoms with E-state index in [2.05, 4.69) is 0 Å². The SMILES string of the molecule is ClCC1CCCOC2(CCCCCO2)O1. The average Bonchev–Trinajstić information content (AvgIpc) is 2.60. The van der Waals surface area contributed by atoms with Gasteiger partial charge in [-0.15, -0.1) is 11.6 Å². The van der Waals surface area contributed by atoms with Crippen LogP contribution < -0.4 is 0 Å². The Labute approximate surface area is 96.0 Å². The lowest BCUT2D eigenvalue weighted by molar-refractivity contribution is -0.383. The first kappa shape index (κ1) is 11.6. The van der Waals surface area contributed by atoms with Gasteiger partial charge in [0.15, 0.2) is 0 Å². The van der Waals surface area contributed by atoms with Crippen LogP contribution in [0.1, 0.15) is 38.5 Å². The monoisotopic (exact) mass is 234 g/mol. The van der Waals surface area contributed by atoms with Crippen molar-refractivity contribution in [2.24, 2.45) is 0 Å². The molecular weight excluding hydrogens is 216 g/mol. The molecule has 2 fully saturated rings. The average molecular weight is 235 g/mol. The standard InChI is InChI=1S/C11H19ClO3/c12-9-10-5-4-8-14-11(15-10)6-2-1-3-7-13-11/h10H,1-9H2. The predicted molar refractivity (Wildman–Crippen MR) is 57.9 cm³/mol. The van der Waals surface area contributed by atoms with E-state index in [1.54, 1.807) is 0 Å². The van der Waals surface area contributed by atoms with E-state index >= 15 is 0 Å². The third kappa shape index (κ3) is 3.06. The third-order valence-corrected chi connectivity index (χ3v) is 3.30. The lowest BCUT2D eigenvalue weighted by atomic mass is 10.2. The van der Waals surface area contributed by atoms with E-state index in [4.69, 9.17) is 25.8 Å². The van der Waals surface area contributed by atoms with E-state index < -0.39 is 5.97 Å². The third-order valence-electron chi connectivity index (χ3n) is 2.96. The number of halogens is 1. The first-order valence-corrected chi connectivity index (χ1v) is 6.40. The lowest BCUT2D eigenvalue weighted by Gasteiger charge is -2.32. The van der Waals surface area contributed by atoms with Gasteiger partial charge in [0.1, 0.15) is 0 Å². The lowest BCUT2D eigenvalue weighted by Crippen LogP contribution is -2.40. The van der Waals surface area contributed by atoms with Crippen molar-refractivity contribution in [2.75, 3.05) is 19.1 Å². The van der Waals surface area contributed by atoms with Gasteiger partial charge in [-0.2, -0.15) is 0 Å². The molecule has 4 heteroatoms. The zero-order chi connectivity index (χ0) is 10.6. The Bertz CT molecular complexity index is 185. The first-order chi connectivity index (χ1) is 7.35. The Morgan fingerprint density at radius 3 is 2.67 bits per heavy atom. The van der Waals surface area contributed by atoms with Crippen LogP contribution in [0, 0.1) is 0 Å². The molecule has 2 heterocycles. The Morgan fingerprint density at radius 2 is 1.87 bits per heavy atom. The van der Waals surface area contributed by atoms with Crippen molar-refractivity contribution >= 4 is 11.6 Å². The summed E-state index contributed by atoms with van der Waals surface area (Å²) in [5, 5.41) is 0. The van der Waals surface area contributed by atoms with Gasteiger partial charge in [0, 0.05) is 12.3 Å². The molecule has 0 saturated carbocycles. The molecular formula is C11H19ClO3. The van der Waals surface area contributed by atoms with Gasteiger partial charge >= 0.3 is 0 Å². The van der Waals surface area contributed by atoms with Gasteiger partial charge in [0.05, 0.1) is 19.3 Å². The molecule has 0 radical (unpaired) electrons. The molecule has 1 spiro atoms. The summed E-state index contributed by atoms with van der Waals surface area (Å²) in [6.45, 7) is 1.45. The highest BCUT2D eigenvalue weighted by Gasteiger charge is 2.38. The Balaban J connectivity index is 2.01. The van der Waals surface area contributed by atoms with Crippen molar-refractivity contribution < 1.29 is 14.2 Å². The van der Waals surface area contributed by atoms with Crippen LogP contribution in [0.4, 0.5) is 0 Å². The van der Waals surface area contributed by atoms with Gasteiger partial charge in [-0.3, -0.25) is 0 Å². The van der Waals surface area contributed by atoms with E-state index in [1.165, 1.54) is 6.42 Å². The van der Waals surface area contributed by atoms with Crippen LogP contribution in [0.15, 0.2) is 0 Å². The zero-order valence-corrected chi connectivity index (χ0v) is 9.80. The maximum atomic E-state index is 5.89. The Morgan fingerprint density at radius 1 is 1.07 bits per heavy atom. The van der Waals surface area contributed by atoms with E-state index in [0.717, 1.165) is 38.7 Å². The summed E-state index contributed by atoms with van der Waals surface area (Å²) in [5.74, 6) is -0.263. The predicted octanol–water partition coefficient (Wildman–Crippen LogP) is 2.67. The molecule has 2 aliphatic heterocycles. The van der Waals surface area contributed by atoms with Crippen molar-refractivity contribution in [3.8, 4) is 0 Å². The maximum Gasteiger partial charge on any atom is 0.283 e. The van der Waals surface area contributed by atoms with Crippen molar-refractivity contribution in [1.82, 2.24) is 0 Å². The number of hydrogen-bond donors (Lipinski definition) is 0. The van der Waals surface area contributed by atoms with Crippen molar-refractivity contribution in [2.45, 2.75) is 50.6 Å². The highest BCUT2D eigenvalue weighted by Crippen LogP contribution is 2.31. The minimum absolute atomic E-state index is 0.0762. The fourth-order valence-corrected chi connectivity index (χ4v) is 2.34. The molecule has 2 aliphatic rings. The fraction of sp³-hybridized carbons (Fsp3) is 1.00. The van der Waals surface area contributed by atoms with E-state index in [9.17, 15) is 0 Å². The van der Waals surface area contributed by atoms with Crippen LogP contribution in [0.5, 0.6) is 0 Å². The summed E-state index contributed by atoms with van der Waals surface area (Å²) >= 11 is 5.86. The van der Waals surface area contributed by atoms with Crippen LogP contribution in [0.25, 0.3) is 0 Å². The molecule has 88 valence electrons. The Hall–Kier alpha value is 0.170. The summed E-state index contributed by atoms with van der Waals surface area (Å²) in [7, 11) is 0. The van der Waals surface area contributed by atoms with Gasteiger partial charge in [0.2, 0.25) is 0 Å². The minimum Gasteiger partial charge on any atom is -0.327 e. The van der Waals surface area contributed by atoms with E-state index in [-0.39, 0.29) is 6.10 Å². The van der Waals surface area contributed by atoms with Crippen LogP contribution in [-0.2, 0) is 14.2 Å². The largest absolute Gasteiger partial charge is 0.327 e. The molecule has 3 nitrogen and oxygen atoms in total. The molecule has 0 aliphatic carbocycles. The quantitative estimate of drug-likeness (QED) is 0.653. The summed E-state index contributed by atoms with van der Waals surface area (Å²) in [4.78, 5) is 0. The van der Waals surface area contributed by atoms with Gasteiger partial charge in [-0.05, 0) is 25.7 Å². The van der Waals surface area contributed by atoms with Crippen LogP contribution in [0.2, 0.25) is 0 Å². The molecule has 0 aromatic heterocycles. The number of ether oxygens (including phenoxy) is 3. The molecule has 0 aromatic carbocycles. The van der Waals surface area contributed by atoms with Crippen LogP contribution >= 0.6 is 11.6 Å². The highest BCUT2D eigenvalue weighted by atomic mass is 35.5. The van der Waals surface area contributed by atoms with Crippen molar-refractivity contribution in [1.29, 1.82) is 0 Å². The van der Waals surface area contributed by atoms with Gasteiger partial charge < -0.3 is 14.2 Å². The zero-order valence-electron chi connectivity index (χ0n) is 9.04. The molecule has 2 saturated heterocycles. The molecule has 2 unspecified atom stereocenters. The minimum atomic E-state index is -0.785. The van der Waals surface area contributed by atoms with Gasteiger partial charge in [0.25, 0.3) is 5.97 Å². The summed E-state index contributed by atoms with van der Waals surface area (Å²) < 4.78 is 17.4. The van der Waals surface area contributed by atoms with Gasteiger partial charge in [-0.25, -0.2) is 0 Å². The summed E-state index contributed by atoms with van der Waals surface area (Å²) in [6.07, 6.45) is 6.28. The van der Waals surface area contributed by atoms with E-state index in [0.29, 0.717) is 12.5 Å². The topological polar surface area (TPSA) is 27.7 Å². The number of hydrogen-bond acceptors (Lipinski definition) is 3. The van der Waals surface area contributed by atoms with Gasteiger partial charge in [-0.1, -0.05) is 6.42 Å². The maximum absolute atomic E-state index is 5.89. The highest BCUT2D eigenvalue weighted by molar-refractivity contribution is 6.18. The number of rotatable bonds is 1. The van der Waals surface area contributed by atoms with E-state index in [1.807, 2.05) is 0 Å². The smallest absolute Gasteiger partial charge is 0.283 e. The first-order valence-electron chi connectivity index (χ1n) is 5.86. The number of alkyl halides is 1. The van der Waals surface area contributed by atoms with Crippen LogP contribution in [-0.4, -0.2) is 31.2 Å². The molecule has 0 aromatic rings. The molecule has 0 amide bonds.